The molecule has 0 aliphatic carbocycles. The van der Waals surface area contributed by atoms with Crippen molar-refractivity contribution in [3.8, 4) is 0 Å². The monoisotopic (exact) mass is 444 g/mol. The average molecular weight is 444 g/mol. The molecule has 2 aromatic rings. The van der Waals surface area contributed by atoms with E-state index in [2.05, 4.69) is 10.3 Å². The molecular weight excluding hydrogens is 424 g/mol. The van der Waals surface area contributed by atoms with E-state index < -0.39 is 16.7 Å². The Labute approximate surface area is 181 Å². The van der Waals surface area contributed by atoms with E-state index >= 15 is 0 Å². The number of anilines is 1. The highest BCUT2D eigenvalue weighted by Gasteiger charge is 2.40. The van der Waals surface area contributed by atoms with Crippen LogP contribution >= 0.6 is 11.3 Å². The van der Waals surface area contributed by atoms with Crippen molar-refractivity contribution >= 4 is 45.7 Å². The van der Waals surface area contributed by atoms with Crippen LogP contribution in [0.5, 0.6) is 0 Å². The standard InChI is InChI=1S/C20H20N4O6S/c1-11-17(12(2)25)31-20(21-11)22-15(26)9-4-3-5-10-23-18(27)13-7-6-8-14(24(29)30)16(13)19(23)28/h6-8H,3-5,9-10H2,1-2H3,(H,21,22,26). The molecule has 1 N–H and O–H groups in total. The number of hydrogen-bond acceptors (Lipinski definition) is 8. The highest BCUT2D eigenvalue weighted by Crippen LogP contribution is 2.31. The second-order valence-electron chi connectivity index (χ2n) is 7.07. The molecule has 2 heterocycles. The van der Waals surface area contributed by atoms with Gasteiger partial charge in [-0.05, 0) is 25.8 Å². The van der Waals surface area contributed by atoms with E-state index in [1.807, 2.05) is 0 Å². The summed E-state index contributed by atoms with van der Waals surface area (Å²) in [5.41, 5.74) is 0.0807. The maximum absolute atomic E-state index is 12.5. The smallest absolute Gasteiger partial charge is 0.282 e. The van der Waals surface area contributed by atoms with Crippen LogP contribution in [0.4, 0.5) is 10.8 Å². The molecule has 0 unspecified atom stereocenters. The molecule has 0 atom stereocenters. The van der Waals surface area contributed by atoms with Gasteiger partial charge in [0.25, 0.3) is 17.5 Å². The van der Waals surface area contributed by atoms with Gasteiger partial charge >= 0.3 is 0 Å². The predicted octanol–water partition coefficient (Wildman–Crippen LogP) is 3.36. The second kappa shape index (κ2) is 9.13. The number of amides is 3. The zero-order valence-corrected chi connectivity index (χ0v) is 17.8. The van der Waals surface area contributed by atoms with Gasteiger partial charge in [0.1, 0.15) is 5.56 Å². The molecule has 3 rings (SSSR count). The average Bonchev–Trinajstić information content (AvgIpc) is 3.19. The van der Waals surface area contributed by atoms with E-state index in [4.69, 9.17) is 0 Å². The van der Waals surface area contributed by atoms with Crippen LogP contribution in [0.15, 0.2) is 18.2 Å². The van der Waals surface area contributed by atoms with Crippen molar-refractivity contribution in [1.29, 1.82) is 0 Å². The third kappa shape index (κ3) is 4.66. The number of ketones is 1. The molecule has 0 bridgehead atoms. The number of imide groups is 1. The van der Waals surface area contributed by atoms with E-state index in [1.165, 1.54) is 25.1 Å². The first-order chi connectivity index (χ1) is 14.7. The minimum atomic E-state index is -0.671. The first-order valence-electron chi connectivity index (χ1n) is 9.62. The number of thiazole rings is 1. The van der Waals surface area contributed by atoms with Gasteiger partial charge in [-0.2, -0.15) is 0 Å². The lowest BCUT2D eigenvalue weighted by molar-refractivity contribution is -0.385. The number of rotatable bonds is 9. The topological polar surface area (TPSA) is 140 Å². The summed E-state index contributed by atoms with van der Waals surface area (Å²) in [6.07, 6.45) is 1.80. The molecule has 0 saturated heterocycles. The fraction of sp³-hybridized carbons (Fsp3) is 0.350. The molecule has 0 spiro atoms. The van der Waals surface area contributed by atoms with Gasteiger partial charge in [0.2, 0.25) is 5.91 Å². The maximum Gasteiger partial charge on any atom is 0.282 e. The minimum Gasteiger partial charge on any atom is -0.302 e. The third-order valence-corrected chi connectivity index (χ3v) is 6.00. The van der Waals surface area contributed by atoms with Gasteiger partial charge in [0.05, 0.1) is 21.1 Å². The van der Waals surface area contributed by atoms with Crippen molar-refractivity contribution < 1.29 is 24.1 Å². The highest BCUT2D eigenvalue weighted by atomic mass is 32.1. The van der Waals surface area contributed by atoms with Crippen molar-refractivity contribution in [3.05, 3.63) is 50.0 Å². The van der Waals surface area contributed by atoms with Crippen LogP contribution in [0.25, 0.3) is 0 Å². The molecule has 10 nitrogen and oxygen atoms in total. The molecule has 11 heteroatoms. The number of unbranched alkanes of at least 4 members (excludes halogenated alkanes) is 2. The molecule has 3 amide bonds. The number of fused-ring (bicyclic) bond motifs is 1. The number of carbonyl (C=O) groups is 4. The lowest BCUT2D eigenvalue weighted by Crippen LogP contribution is -2.30. The van der Waals surface area contributed by atoms with Crippen LogP contribution in [0.2, 0.25) is 0 Å². The largest absolute Gasteiger partial charge is 0.302 e. The second-order valence-corrected chi connectivity index (χ2v) is 8.07. The SMILES string of the molecule is CC(=O)c1sc(NC(=O)CCCCCN2C(=O)c3cccc([N+](=O)[O-])c3C2=O)nc1C. The van der Waals surface area contributed by atoms with Crippen molar-refractivity contribution in [2.75, 3.05) is 11.9 Å². The van der Waals surface area contributed by atoms with Crippen molar-refractivity contribution in [1.82, 2.24) is 9.88 Å². The van der Waals surface area contributed by atoms with Crippen LogP contribution < -0.4 is 5.32 Å². The van der Waals surface area contributed by atoms with E-state index in [-0.39, 0.29) is 41.5 Å². The van der Waals surface area contributed by atoms with Gasteiger partial charge < -0.3 is 5.32 Å². The summed E-state index contributed by atoms with van der Waals surface area (Å²) in [6, 6.07) is 3.99. The highest BCUT2D eigenvalue weighted by molar-refractivity contribution is 7.17. The number of carbonyl (C=O) groups excluding carboxylic acids is 4. The maximum atomic E-state index is 12.5. The molecule has 0 saturated carbocycles. The number of nitrogens with zero attached hydrogens (tertiary/aromatic N) is 3. The van der Waals surface area contributed by atoms with Crippen molar-refractivity contribution in [2.24, 2.45) is 0 Å². The van der Waals surface area contributed by atoms with Gasteiger partial charge in [-0.1, -0.05) is 23.8 Å². The van der Waals surface area contributed by atoms with E-state index in [9.17, 15) is 29.3 Å². The normalized spacial score (nSPS) is 12.8. The molecule has 31 heavy (non-hydrogen) atoms. The Morgan fingerprint density at radius 2 is 1.94 bits per heavy atom. The van der Waals surface area contributed by atoms with E-state index in [1.54, 1.807) is 6.92 Å². The Hall–Kier alpha value is -3.47. The number of Topliss-reactive ketones (excluding diaryl/α,β-unsaturated/α-hetero) is 1. The summed E-state index contributed by atoms with van der Waals surface area (Å²) < 4.78 is 0. The molecule has 162 valence electrons. The summed E-state index contributed by atoms with van der Waals surface area (Å²) in [6.45, 7) is 3.27. The first kappa shape index (κ1) is 22.2. The number of aryl methyl sites for hydroxylation is 1. The van der Waals surface area contributed by atoms with Crippen molar-refractivity contribution in [2.45, 2.75) is 39.5 Å². The van der Waals surface area contributed by atoms with Crippen LogP contribution in [0.3, 0.4) is 0 Å². The lowest BCUT2D eigenvalue weighted by atomic mass is 10.1. The Bertz CT molecular complexity index is 1090. The molecule has 1 aromatic heterocycles. The summed E-state index contributed by atoms with van der Waals surface area (Å²) >= 11 is 1.13. The summed E-state index contributed by atoms with van der Waals surface area (Å²) in [7, 11) is 0. The van der Waals surface area contributed by atoms with Crippen LogP contribution in [-0.2, 0) is 4.79 Å². The Kier molecular flexibility index (Phi) is 6.54. The van der Waals surface area contributed by atoms with E-state index in [0.717, 1.165) is 16.2 Å². The first-order valence-corrected chi connectivity index (χ1v) is 10.4. The predicted molar refractivity (Wildman–Crippen MR) is 112 cm³/mol. The molecule has 0 radical (unpaired) electrons. The minimum absolute atomic E-state index is 0.0437. The van der Waals surface area contributed by atoms with Crippen LogP contribution in [0, 0.1) is 17.0 Å². The number of nitro groups is 1. The molecular formula is C20H20N4O6S. The number of benzene rings is 1. The number of hydrogen-bond donors (Lipinski definition) is 1. The van der Waals surface area contributed by atoms with Gasteiger partial charge in [-0.3, -0.25) is 34.2 Å². The Morgan fingerprint density at radius 3 is 2.58 bits per heavy atom. The van der Waals surface area contributed by atoms with Gasteiger partial charge in [-0.25, -0.2) is 4.98 Å². The summed E-state index contributed by atoms with van der Waals surface area (Å²) in [5.74, 6) is -1.54. The lowest BCUT2D eigenvalue weighted by Gasteiger charge is -2.13. The fourth-order valence-corrected chi connectivity index (χ4v) is 4.24. The third-order valence-electron chi connectivity index (χ3n) is 4.82. The summed E-state index contributed by atoms with van der Waals surface area (Å²) in [5, 5.41) is 14.2. The zero-order valence-electron chi connectivity index (χ0n) is 17.0. The molecule has 0 fully saturated rings. The molecule has 1 aliphatic heterocycles. The van der Waals surface area contributed by atoms with Gasteiger partial charge in [-0.15, -0.1) is 0 Å². The number of nitro benzene ring substituents is 1. The van der Waals surface area contributed by atoms with Crippen LogP contribution in [0.1, 0.15) is 68.7 Å². The Morgan fingerprint density at radius 1 is 1.19 bits per heavy atom. The summed E-state index contributed by atoms with van der Waals surface area (Å²) in [4.78, 5) is 64.6. The number of aromatic nitrogens is 1. The van der Waals surface area contributed by atoms with E-state index in [0.29, 0.717) is 35.0 Å². The Balaban J connectivity index is 1.46. The van der Waals surface area contributed by atoms with Gasteiger partial charge in [0.15, 0.2) is 10.9 Å². The molecule has 1 aromatic carbocycles. The zero-order chi connectivity index (χ0) is 22.7. The van der Waals surface area contributed by atoms with Crippen molar-refractivity contribution in [3.63, 3.8) is 0 Å². The molecule has 1 aliphatic rings. The quantitative estimate of drug-likeness (QED) is 0.206. The number of nitrogens with one attached hydrogen (secondary N) is 1. The van der Waals surface area contributed by atoms with Crippen LogP contribution in [-0.4, -0.2) is 44.9 Å². The fourth-order valence-electron chi connectivity index (χ4n) is 3.36. The van der Waals surface area contributed by atoms with Gasteiger partial charge in [0, 0.05) is 26.0 Å².